The fourth-order valence-corrected chi connectivity index (χ4v) is 1.45. The topological polar surface area (TPSA) is 92.8 Å². The summed E-state index contributed by atoms with van der Waals surface area (Å²) in [6.07, 6.45) is 4.52. The molecule has 0 atom stereocenters. The summed E-state index contributed by atoms with van der Waals surface area (Å²) in [7, 11) is 1.32. The first-order chi connectivity index (χ1) is 8.72. The Bertz CT molecular complexity index is 552. The SMILES string of the molecule is COC(=O)c1cncnc1NCc1[nH]ncc1C. The third kappa shape index (κ3) is 2.45. The standard InChI is InChI=1S/C11H13N5O2/c1-7-3-15-16-9(7)5-13-10-8(11(17)18-2)4-12-6-14-10/h3-4,6H,5H2,1-2H3,(H,15,16)(H,12,13,14). The van der Waals surface area contributed by atoms with Crippen LogP contribution in [0.2, 0.25) is 0 Å². The monoisotopic (exact) mass is 247 g/mol. The molecule has 0 aromatic carbocycles. The lowest BCUT2D eigenvalue weighted by molar-refractivity contribution is 0.0601. The van der Waals surface area contributed by atoms with Crippen LogP contribution < -0.4 is 5.32 Å². The highest BCUT2D eigenvalue weighted by molar-refractivity contribution is 5.94. The Morgan fingerprint density at radius 2 is 2.33 bits per heavy atom. The molecule has 0 aliphatic rings. The maximum atomic E-state index is 11.5. The van der Waals surface area contributed by atoms with E-state index in [0.717, 1.165) is 11.3 Å². The minimum Gasteiger partial charge on any atom is -0.465 e. The quantitative estimate of drug-likeness (QED) is 0.780. The van der Waals surface area contributed by atoms with E-state index in [1.165, 1.54) is 19.6 Å². The number of carbonyl (C=O) groups excluding carboxylic acids is 1. The van der Waals surface area contributed by atoms with Gasteiger partial charge < -0.3 is 10.1 Å². The van der Waals surface area contributed by atoms with Gasteiger partial charge in [0.1, 0.15) is 17.7 Å². The van der Waals surface area contributed by atoms with Crippen LogP contribution >= 0.6 is 0 Å². The molecular weight excluding hydrogens is 234 g/mol. The van der Waals surface area contributed by atoms with E-state index in [2.05, 4.69) is 30.2 Å². The minimum absolute atomic E-state index is 0.303. The fraction of sp³-hybridized carbons (Fsp3) is 0.273. The Kier molecular flexibility index (Phi) is 3.52. The molecule has 7 heteroatoms. The summed E-state index contributed by atoms with van der Waals surface area (Å²) in [6, 6.07) is 0. The van der Waals surface area contributed by atoms with Crippen LogP contribution in [-0.2, 0) is 11.3 Å². The zero-order valence-electron chi connectivity index (χ0n) is 10.1. The van der Waals surface area contributed by atoms with Gasteiger partial charge in [0.05, 0.1) is 25.5 Å². The van der Waals surface area contributed by atoms with Crippen molar-refractivity contribution in [1.82, 2.24) is 20.2 Å². The van der Waals surface area contributed by atoms with E-state index in [1.54, 1.807) is 6.20 Å². The summed E-state index contributed by atoms with van der Waals surface area (Å²) in [5, 5.41) is 9.83. The van der Waals surface area contributed by atoms with Crippen LogP contribution in [0, 0.1) is 6.92 Å². The number of nitrogens with zero attached hydrogens (tertiary/aromatic N) is 3. The van der Waals surface area contributed by atoms with Gasteiger partial charge in [0, 0.05) is 6.20 Å². The van der Waals surface area contributed by atoms with Gasteiger partial charge in [-0.05, 0) is 12.5 Å². The Hall–Kier alpha value is -2.44. The van der Waals surface area contributed by atoms with Crippen molar-refractivity contribution in [1.29, 1.82) is 0 Å². The Morgan fingerprint density at radius 1 is 1.50 bits per heavy atom. The van der Waals surface area contributed by atoms with Crippen LogP contribution in [0.3, 0.4) is 0 Å². The summed E-state index contributed by atoms with van der Waals surface area (Å²) in [5.74, 6) is -0.0368. The largest absolute Gasteiger partial charge is 0.465 e. The summed E-state index contributed by atoms with van der Waals surface area (Å²) >= 11 is 0. The van der Waals surface area contributed by atoms with Crippen molar-refractivity contribution in [3.05, 3.63) is 35.5 Å². The average Bonchev–Trinajstić information content (AvgIpc) is 2.81. The molecule has 0 saturated carbocycles. The number of methoxy groups -OCH3 is 1. The predicted octanol–water partition coefficient (Wildman–Crippen LogP) is 0.907. The van der Waals surface area contributed by atoms with Crippen LogP contribution in [0.25, 0.3) is 0 Å². The van der Waals surface area contributed by atoms with E-state index >= 15 is 0 Å². The second-order valence-corrected chi connectivity index (χ2v) is 3.66. The van der Waals surface area contributed by atoms with E-state index < -0.39 is 5.97 Å². The molecule has 2 aromatic rings. The molecule has 0 aliphatic carbocycles. The Labute approximate surface area is 104 Å². The number of esters is 1. The smallest absolute Gasteiger partial charge is 0.343 e. The summed E-state index contributed by atoms with van der Waals surface area (Å²) in [4.78, 5) is 19.3. The van der Waals surface area contributed by atoms with Crippen molar-refractivity contribution in [3.8, 4) is 0 Å². The summed E-state index contributed by atoms with van der Waals surface area (Å²) in [5.41, 5.74) is 2.28. The van der Waals surface area contributed by atoms with Gasteiger partial charge in [0.25, 0.3) is 0 Å². The van der Waals surface area contributed by atoms with Crippen LogP contribution in [0.5, 0.6) is 0 Å². The molecule has 0 spiro atoms. The zero-order valence-corrected chi connectivity index (χ0v) is 10.1. The third-order valence-corrected chi connectivity index (χ3v) is 2.48. The molecule has 0 aliphatic heterocycles. The minimum atomic E-state index is -0.473. The normalized spacial score (nSPS) is 10.1. The molecule has 18 heavy (non-hydrogen) atoms. The molecule has 0 amide bonds. The average molecular weight is 247 g/mol. The van der Waals surface area contributed by atoms with E-state index in [-0.39, 0.29) is 0 Å². The van der Waals surface area contributed by atoms with Crippen molar-refractivity contribution in [2.45, 2.75) is 13.5 Å². The summed E-state index contributed by atoms with van der Waals surface area (Å²) in [6.45, 7) is 2.44. The molecule has 0 radical (unpaired) electrons. The van der Waals surface area contributed by atoms with E-state index in [0.29, 0.717) is 17.9 Å². The first-order valence-corrected chi connectivity index (χ1v) is 5.33. The van der Waals surface area contributed by atoms with E-state index in [1.807, 2.05) is 6.92 Å². The number of aryl methyl sites for hydroxylation is 1. The molecule has 2 rings (SSSR count). The van der Waals surface area contributed by atoms with Crippen LogP contribution in [0.4, 0.5) is 5.82 Å². The zero-order chi connectivity index (χ0) is 13.0. The number of anilines is 1. The van der Waals surface area contributed by atoms with Crippen molar-refractivity contribution in [3.63, 3.8) is 0 Å². The maximum absolute atomic E-state index is 11.5. The molecule has 2 N–H and O–H groups in total. The van der Waals surface area contributed by atoms with Crippen molar-refractivity contribution < 1.29 is 9.53 Å². The van der Waals surface area contributed by atoms with E-state index in [4.69, 9.17) is 0 Å². The van der Waals surface area contributed by atoms with Gasteiger partial charge in [-0.3, -0.25) is 5.10 Å². The number of rotatable bonds is 4. The maximum Gasteiger partial charge on any atom is 0.343 e. The molecule has 0 bridgehead atoms. The summed E-state index contributed by atoms with van der Waals surface area (Å²) < 4.78 is 4.66. The van der Waals surface area contributed by atoms with Gasteiger partial charge in [-0.25, -0.2) is 14.8 Å². The predicted molar refractivity (Wildman–Crippen MR) is 64.0 cm³/mol. The van der Waals surface area contributed by atoms with Gasteiger partial charge in [-0.1, -0.05) is 0 Å². The molecule has 7 nitrogen and oxygen atoms in total. The lowest BCUT2D eigenvalue weighted by Gasteiger charge is -2.08. The molecule has 94 valence electrons. The lowest BCUT2D eigenvalue weighted by atomic mass is 10.2. The van der Waals surface area contributed by atoms with Crippen LogP contribution in [0.15, 0.2) is 18.7 Å². The highest BCUT2D eigenvalue weighted by Gasteiger charge is 2.13. The fourth-order valence-electron chi connectivity index (χ4n) is 1.45. The first kappa shape index (κ1) is 12.0. The van der Waals surface area contributed by atoms with Gasteiger partial charge >= 0.3 is 5.97 Å². The number of hydrogen-bond acceptors (Lipinski definition) is 6. The Morgan fingerprint density at radius 3 is 3.00 bits per heavy atom. The van der Waals surface area contributed by atoms with Gasteiger partial charge in [0.2, 0.25) is 0 Å². The van der Waals surface area contributed by atoms with Gasteiger partial charge in [-0.15, -0.1) is 0 Å². The van der Waals surface area contributed by atoms with Gasteiger partial charge in [-0.2, -0.15) is 5.10 Å². The Balaban J connectivity index is 2.14. The van der Waals surface area contributed by atoms with Crippen LogP contribution in [0.1, 0.15) is 21.6 Å². The van der Waals surface area contributed by atoms with Crippen molar-refractivity contribution >= 4 is 11.8 Å². The van der Waals surface area contributed by atoms with Crippen molar-refractivity contribution in [2.75, 3.05) is 12.4 Å². The second kappa shape index (κ2) is 5.26. The number of carbonyl (C=O) groups is 1. The first-order valence-electron chi connectivity index (χ1n) is 5.33. The van der Waals surface area contributed by atoms with Crippen molar-refractivity contribution in [2.24, 2.45) is 0 Å². The number of nitrogens with one attached hydrogen (secondary N) is 2. The van der Waals surface area contributed by atoms with Crippen LogP contribution in [-0.4, -0.2) is 33.2 Å². The molecule has 0 saturated heterocycles. The highest BCUT2D eigenvalue weighted by atomic mass is 16.5. The molecule has 0 unspecified atom stereocenters. The number of aromatic nitrogens is 4. The molecular formula is C11H13N5O2. The molecule has 2 aromatic heterocycles. The number of H-pyrrole nitrogens is 1. The van der Waals surface area contributed by atoms with Gasteiger partial charge in [0.15, 0.2) is 0 Å². The number of aromatic amines is 1. The number of ether oxygens (including phenoxy) is 1. The highest BCUT2D eigenvalue weighted by Crippen LogP contribution is 2.13. The third-order valence-electron chi connectivity index (χ3n) is 2.48. The number of hydrogen-bond donors (Lipinski definition) is 2. The molecule has 2 heterocycles. The lowest BCUT2D eigenvalue weighted by Crippen LogP contribution is -2.11. The molecule has 0 fully saturated rings. The second-order valence-electron chi connectivity index (χ2n) is 3.66. The van der Waals surface area contributed by atoms with E-state index in [9.17, 15) is 4.79 Å².